The third kappa shape index (κ3) is 2.37. The van der Waals surface area contributed by atoms with Crippen LogP contribution in [0.5, 0.6) is 0 Å². The summed E-state index contributed by atoms with van der Waals surface area (Å²) in [6.07, 6.45) is 5.36. The zero-order valence-corrected chi connectivity index (χ0v) is 8.37. The second kappa shape index (κ2) is 4.48. The molecule has 1 rings (SSSR count). The van der Waals surface area contributed by atoms with Crippen molar-refractivity contribution in [2.75, 3.05) is 0 Å². The second-order valence-electron chi connectivity index (χ2n) is 3.16. The zero-order chi connectivity index (χ0) is 10.6. The van der Waals surface area contributed by atoms with Crippen LogP contribution in [0.15, 0.2) is 24.3 Å². The molecular formula is C12H13NO. The minimum absolute atomic E-state index is 0.115. The molecule has 0 bridgehead atoms. The van der Waals surface area contributed by atoms with Gasteiger partial charge in [0.15, 0.2) is 0 Å². The molecule has 1 aromatic rings. The number of carbonyl (C=O) groups is 1. The average Bonchev–Trinajstić information content (AvgIpc) is 2.15. The molecule has 14 heavy (non-hydrogen) atoms. The molecule has 1 N–H and O–H groups in total. The Labute approximate surface area is 84.3 Å². The molecule has 0 saturated carbocycles. The minimum atomic E-state index is -0.325. The molecule has 0 saturated heterocycles. The molecule has 2 nitrogen and oxygen atoms in total. The van der Waals surface area contributed by atoms with Crippen LogP contribution in [0.4, 0.5) is 0 Å². The van der Waals surface area contributed by atoms with Crippen LogP contribution in [0.1, 0.15) is 24.1 Å². The summed E-state index contributed by atoms with van der Waals surface area (Å²) in [7, 11) is 0. The molecule has 1 amide bonds. The predicted octanol–water partition coefficient (Wildman–Crippen LogP) is 1.81. The number of hydrogen-bond donors (Lipinski definition) is 1. The molecule has 0 heterocycles. The van der Waals surface area contributed by atoms with Crippen LogP contribution in [-0.4, -0.2) is 5.91 Å². The molecule has 1 aromatic carbocycles. The summed E-state index contributed by atoms with van der Waals surface area (Å²) in [5.41, 5.74) is 2.06. The van der Waals surface area contributed by atoms with Gasteiger partial charge in [0.2, 0.25) is 5.91 Å². The van der Waals surface area contributed by atoms with E-state index >= 15 is 0 Å². The molecule has 0 aliphatic rings. The Morgan fingerprint density at radius 3 is 2.64 bits per heavy atom. The molecular weight excluding hydrogens is 174 g/mol. The monoisotopic (exact) mass is 187 g/mol. The molecule has 0 unspecified atom stereocenters. The molecule has 0 radical (unpaired) electrons. The Balaban J connectivity index is 2.96. The number of hydrogen-bond acceptors (Lipinski definition) is 1. The van der Waals surface area contributed by atoms with Gasteiger partial charge in [0, 0.05) is 6.92 Å². The summed E-state index contributed by atoms with van der Waals surface area (Å²) in [4.78, 5) is 10.9. The third-order valence-electron chi connectivity index (χ3n) is 2.01. The van der Waals surface area contributed by atoms with Crippen LogP contribution < -0.4 is 5.32 Å². The molecule has 1 atom stereocenters. The number of benzene rings is 1. The van der Waals surface area contributed by atoms with E-state index in [0.717, 1.165) is 11.1 Å². The fourth-order valence-corrected chi connectivity index (χ4v) is 1.32. The lowest BCUT2D eigenvalue weighted by atomic mass is 10.0. The Morgan fingerprint density at radius 1 is 1.50 bits per heavy atom. The van der Waals surface area contributed by atoms with Gasteiger partial charge >= 0.3 is 0 Å². The normalized spacial score (nSPS) is 11.5. The van der Waals surface area contributed by atoms with Crippen molar-refractivity contribution in [3.63, 3.8) is 0 Å². The van der Waals surface area contributed by atoms with E-state index in [-0.39, 0.29) is 11.9 Å². The van der Waals surface area contributed by atoms with Crippen molar-refractivity contribution in [3.05, 3.63) is 35.4 Å². The fraction of sp³-hybridized carbons (Fsp3) is 0.250. The zero-order valence-electron chi connectivity index (χ0n) is 8.37. The predicted molar refractivity (Wildman–Crippen MR) is 56.6 cm³/mol. The van der Waals surface area contributed by atoms with Crippen molar-refractivity contribution in [1.29, 1.82) is 0 Å². The summed E-state index contributed by atoms with van der Waals surface area (Å²) < 4.78 is 0. The maximum atomic E-state index is 10.9. The number of amides is 1. The summed E-state index contributed by atoms with van der Waals surface area (Å²) >= 11 is 0. The van der Waals surface area contributed by atoms with Gasteiger partial charge < -0.3 is 5.32 Å². The standard InChI is InChI=1S/C12H13NO/c1-4-12(13-10(3)14)11-8-6-5-7-9(11)2/h1,5-8,12H,2-3H3,(H,13,14)/t12-/m1/s1. The molecule has 0 fully saturated rings. The van der Waals surface area contributed by atoms with Gasteiger partial charge in [0.25, 0.3) is 0 Å². The summed E-state index contributed by atoms with van der Waals surface area (Å²) in [5, 5.41) is 2.71. The highest BCUT2D eigenvalue weighted by molar-refractivity contribution is 5.74. The molecule has 0 aliphatic carbocycles. The van der Waals surface area contributed by atoms with Gasteiger partial charge in [-0.25, -0.2) is 0 Å². The number of carbonyl (C=O) groups excluding carboxylic acids is 1. The van der Waals surface area contributed by atoms with Crippen LogP contribution in [-0.2, 0) is 4.79 Å². The van der Waals surface area contributed by atoms with Gasteiger partial charge in [0.1, 0.15) is 6.04 Å². The first-order chi connectivity index (χ1) is 6.65. The quantitative estimate of drug-likeness (QED) is 0.703. The van der Waals surface area contributed by atoms with Crippen molar-refractivity contribution in [2.45, 2.75) is 19.9 Å². The fourth-order valence-electron chi connectivity index (χ4n) is 1.32. The van der Waals surface area contributed by atoms with Gasteiger partial charge in [-0.05, 0) is 18.1 Å². The van der Waals surface area contributed by atoms with E-state index in [2.05, 4.69) is 11.2 Å². The average molecular weight is 187 g/mol. The lowest BCUT2D eigenvalue weighted by Crippen LogP contribution is -2.25. The maximum absolute atomic E-state index is 10.9. The van der Waals surface area contributed by atoms with E-state index in [1.54, 1.807) is 0 Å². The highest BCUT2D eigenvalue weighted by Crippen LogP contribution is 2.16. The SMILES string of the molecule is C#C[C@@H](NC(C)=O)c1ccccc1C. The molecule has 2 heteroatoms. The van der Waals surface area contributed by atoms with Crippen LogP contribution in [0.2, 0.25) is 0 Å². The van der Waals surface area contributed by atoms with Gasteiger partial charge in [-0.15, -0.1) is 6.42 Å². The van der Waals surface area contributed by atoms with E-state index in [9.17, 15) is 4.79 Å². The molecule has 0 aromatic heterocycles. The van der Waals surface area contributed by atoms with Crippen molar-refractivity contribution in [3.8, 4) is 12.3 Å². The van der Waals surface area contributed by atoms with Crippen molar-refractivity contribution < 1.29 is 4.79 Å². The first-order valence-electron chi connectivity index (χ1n) is 4.44. The Morgan fingerprint density at radius 2 is 2.14 bits per heavy atom. The van der Waals surface area contributed by atoms with Crippen LogP contribution in [0.25, 0.3) is 0 Å². The van der Waals surface area contributed by atoms with E-state index in [1.807, 2.05) is 31.2 Å². The maximum Gasteiger partial charge on any atom is 0.218 e. The van der Waals surface area contributed by atoms with Crippen molar-refractivity contribution >= 4 is 5.91 Å². The highest BCUT2D eigenvalue weighted by Gasteiger charge is 2.10. The van der Waals surface area contributed by atoms with Gasteiger partial charge in [-0.1, -0.05) is 30.2 Å². The molecule has 0 aliphatic heterocycles. The van der Waals surface area contributed by atoms with Crippen molar-refractivity contribution in [1.82, 2.24) is 5.32 Å². The molecule has 0 spiro atoms. The van der Waals surface area contributed by atoms with E-state index in [0.29, 0.717) is 0 Å². The number of aryl methyl sites for hydroxylation is 1. The lowest BCUT2D eigenvalue weighted by molar-refractivity contribution is -0.119. The first kappa shape index (κ1) is 10.3. The largest absolute Gasteiger partial charge is 0.339 e. The molecule has 72 valence electrons. The number of terminal acetylenes is 1. The summed E-state index contributed by atoms with van der Waals surface area (Å²) in [6, 6.07) is 7.43. The van der Waals surface area contributed by atoms with E-state index in [4.69, 9.17) is 6.42 Å². The summed E-state index contributed by atoms with van der Waals surface area (Å²) in [6.45, 7) is 3.43. The topological polar surface area (TPSA) is 29.1 Å². The lowest BCUT2D eigenvalue weighted by Gasteiger charge is -2.14. The van der Waals surface area contributed by atoms with Crippen LogP contribution >= 0.6 is 0 Å². The smallest absolute Gasteiger partial charge is 0.218 e. The number of rotatable bonds is 2. The number of nitrogens with one attached hydrogen (secondary N) is 1. The second-order valence-corrected chi connectivity index (χ2v) is 3.16. The van der Waals surface area contributed by atoms with Crippen LogP contribution in [0, 0.1) is 19.3 Å². The Bertz CT molecular complexity index is 376. The van der Waals surface area contributed by atoms with Gasteiger partial charge in [-0.3, -0.25) is 4.79 Å². The minimum Gasteiger partial charge on any atom is -0.339 e. The van der Waals surface area contributed by atoms with Gasteiger partial charge in [-0.2, -0.15) is 0 Å². The highest BCUT2D eigenvalue weighted by atomic mass is 16.1. The Kier molecular flexibility index (Phi) is 3.30. The van der Waals surface area contributed by atoms with Crippen LogP contribution in [0.3, 0.4) is 0 Å². The van der Waals surface area contributed by atoms with Gasteiger partial charge in [0.05, 0.1) is 0 Å². The third-order valence-corrected chi connectivity index (χ3v) is 2.01. The Hall–Kier alpha value is -1.75. The van der Waals surface area contributed by atoms with Crippen molar-refractivity contribution in [2.24, 2.45) is 0 Å². The summed E-state index contributed by atoms with van der Waals surface area (Å²) in [5.74, 6) is 2.44. The van der Waals surface area contributed by atoms with E-state index < -0.39 is 0 Å². The van der Waals surface area contributed by atoms with E-state index in [1.165, 1.54) is 6.92 Å². The first-order valence-corrected chi connectivity index (χ1v) is 4.44.